The summed E-state index contributed by atoms with van der Waals surface area (Å²) < 4.78 is 10.5. The van der Waals surface area contributed by atoms with Crippen molar-refractivity contribution >= 4 is 23.2 Å². The highest BCUT2D eigenvalue weighted by Crippen LogP contribution is 2.37. The molecular weight excluding hydrogens is 350 g/mol. The number of nitrogens with zero attached hydrogens (tertiary/aromatic N) is 1. The minimum absolute atomic E-state index is 0.126. The molecule has 6 heteroatoms. The van der Waals surface area contributed by atoms with Crippen LogP contribution in [0, 0.1) is 5.92 Å². The standard InChI is InChI=1S/C20H25NO4S/c1-5-21(13-14(3)20(23)24-4)19(22)18-16(25-6-2)12-17(26-18)15-10-8-7-9-11-15/h7-12,14H,5-6,13H2,1-4H3. The van der Waals surface area contributed by atoms with Gasteiger partial charge in [-0.25, -0.2) is 0 Å². The maximum Gasteiger partial charge on any atom is 0.310 e. The Morgan fingerprint density at radius 1 is 1.19 bits per heavy atom. The smallest absolute Gasteiger partial charge is 0.310 e. The first-order valence-electron chi connectivity index (χ1n) is 8.70. The van der Waals surface area contributed by atoms with Crippen molar-refractivity contribution in [2.24, 2.45) is 5.92 Å². The molecule has 0 spiro atoms. The first-order chi connectivity index (χ1) is 12.5. The van der Waals surface area contributed by atoms with Gasteiger partial charge >= 0.3 is 5.97 Å². The number of ether oxygens (including phenoxy) is 2. The highest BCUT2D eigenvalue weighted by molar-refractivity contribution is 7.17. The van der Waals surface area contributed by atoms with Crippen LogP contribution in [-0.4, -0.2) is 43.6 Å². The molecule has 0 N–H and O–H groups in total. The second-order valence-corrected chi connectivity index (χ2v) is 6.92. The molecular formula is C20H25NO4S. The van der Waals surface area contributed by atoms with Gasteiger partial charge in [-0.2, -0.15) is 0 Å². The molecule has 0 aliphatic rings. The molecule has 2 aromatic rings. The highest BCUT2D eigenvalue weighted by atomic mass is 32.1. The van der Waals surface area contributed by atoms with Crippen molar-refractivity contribution in [2.75, 3.05) is 26.8 Å². The summed E-state index contributed by atoms with van der Waals surface area (Å²) in [6.07, 6.45) is 0. The Morgan fingerprint density at radius 3 is 2.46 bits per heavy atom. The number of carbonyl (C=O) groups excluding carboxylic acids is 2. The van der Waals surface area contributed by atoms with E-state index in [0.29, 0.717) is 30.3 Å². The lowest BCUT2D eigenvalue weighted by molar-refractivity contribution is -0.145. The van der Waals surface area contributed by atoms with Crippen molar-refractivity contribution in [1.29, 1.82) is 0 Å². The van der Waals surface area contributed by atoms with Gasteiger partial charge < -0.3 is 14.4 Å². The van der Waals surface area contributed by atoms with Crippen LogP contribution in [0.3, 0.4) is 0 Å². The van der Waals surface area contributed by atoms with Crippen LogP contribution >= 0.6 is 11.3 Å². The van der Waals surface area contributed by atoms with Crippen LogP contribution in [0.2, 0.25) is 0 Å². The predicted octanol–water partition coefficient (Wildman–Crippen LogP) is 4.09. The van der Waals surface area contributed by atoms with Crippen molar-refractivity contribution < 1.29 is 19.1 Å². The van der Waals surface area contributed by atoms with Crippen LogP contribution in [0.25, 0.3) is 10.4 Å². The predicted molar refractivity (Wildman–Crippen MR) is 104 cm³/mol. The van der Waals surface area contributed by atoms with E-state index in [2.05, 4.69) is 0 Å². The van der Waals surface area contributed by atoms with Crippen LogP contribution in [0.5, 0.6) is 5.75 Å². The van der Waals surface area contributed by atoms with Crippen LogP contribution in [-0.2, 0) is 9.53 Å². The molecule has 1 aromatic carbocycles. The molecule has 1 atom stereocenters. The molecule has 2 rings (SSSR count). The SMILES string of the molecule is CCOc1cc(-c2ccccc2)sc1C(=O)N(CC)CC(C)C(=O)OC. The molecule has 0 aliphatic carbocycles. The fourth-order valence-corrected chi connectivity index (χ4v) is 3.71. The summed E-state index contributed by atoms with van der Waals surface area (Å²) in [4.78, 5) is 28.0. The number of hydrogen-bond acceptors (Lipinski definition) is 5. The van der Waals surface area contributed by atoms with E-state index in [1.165, 1.54) is 18.4 Å². The lowest BCUT2D eigenvalue weighted by atomic mass is 10.1. The maximum atomic E-state index is 13.1. The van der Waals surface area contributed by atoms with Gasteiger partial charge in [0.15, 0.2) is 0 Å². The Balaban J connectivity index is 2.30. The largest absolute Gasteiger partial charge is 0.492 e. The average Bonchev–Trinajstić information content (AvgIpc) is 3.09. The summed E-state index contributed by atoms with van der Waals surface area (Å²) in [6, 6.07) is 11.8. The van der Waals surface area contributed by atoms with Crippen LogP contribution in [0.15, 0.2) is 36.4 Å². The van der Waals surface area contributed by atoms with Crippen LogP contribution in [0.4, 0.5) is 0 Å². The fourth-order valence-electron chi connectivity index (χ4n) is 2.64. The van der Waals surface area contributed by atoms with Crippen molar-refractivity contribution in [3.05, 3.63) is 41.3 Å². The molecule has 1 heterocycles. The Morgan fingerprint density at radius 2 is 1.88 bits per heavy atom. The van der Waals surface area contributed by atoms with Gasteiger partial charge in [0.25, 0.3) is 5.91 Å². The fraction of sp³-hybridized carbons (Fsp3) is 0.400. The molecule has 0 saturated heterocycles. The molecule has 1 aromatic heterocycles. The van der Waals surface area contributed by atoms with E-state index in [-0.39, 0.29) is 17.8 Å². The molecule has 1 unspecified atom stereocenters. The molecule has 26 heavy (non-hydrogen) atoms. The van der Waals surface area contributed by atoms with E-state index in [1.807, 2.05) is 50.2 Å². The van der Waals surface area contributed by atoms with E-state index in [4.69, 9.17) is 9.47 Å². The summed E-state index contributed by atoms with van der Waals surface area (Å²) in [7, 11) is 1.36. The minimum Gasteiger partial charge on any atom is -0.492 e. The Bertz CT molecular complexity index is 742. The second kappa shape index (κ2) is 9.38. The van der Waals surface area contributed by atoms with Gasteiger partial charge in [-0.05, 0) is 25.5 Å². The average molecular weight is 375 g/mol. The number of thiophene rings is 1. The van der Waals surface area contributed by atoms with Gasteiger partial charge in [0.2, 0.25) is 0 Å². The van der Waals surface area contributed by atoms with Gasteiger partial charge in [0, 0.05) is 18.0 Å². The zero-order valence-corrected chi connectivity index (χ0v) is 16.5. The monoisotopic (exact) mass is 375 g/mol. The molecule has 0 aliphatic heterocycles. The van der Waals surface area contributed by atoms with Crippen LogP contribution in [0.1, 0.15) is 30.4 Å². The number of methoxy groups -OCH3 is 1. The van der Waals surface area contributed by atoms with Crippen molar-refractivity contribution in [3.8, 4) is 16.2 Å². The van der Waals surface area contributed by atoms with E-state index in [1.54, 1.807) is 11.8 Å². The van der Waals surface area contributed by atoms with E-state index in [0.717, 1.165) is 10.4 Å². The number of esters is 1. The topological polar surface area (TPSA) is 55.8 Å². The summed E-state index contributed by atoms with van der Waals surface area (Å²) >= 11 is 1.41. The van der Waals surface area contributed by atoms with E-state index >= 15 is 0 Å². The molecule has 1 amide bonds. The van der Waals surface area contributed by atoms with E-state index < -0.39 is 0 Å². The number of benzene rings is 1. The zero-order valence-electron chi connectivity index (χ0n) is 15.7. The molecule has 5 nitrogen and oxygen atoms in total. The second-order valence-electron chi connectivity index (χ2n) is 5.87. The third kappa shape index (κ3) is 4.64. The quantitative estimate of drug-likeness (QED) is 0.652. The van der Waals surface area contributed by atoms with Gasteiger partial charge in [0.05, 0.1) is 19.6 Å². The maximum absolute atomic E-state index is 13.1. The molecule has 0 radical (unpaired) electrons. The highest BCUT2D eigenvalue weighted by Gasteiger charge is 2.26. The van der Waals surface area contributed by atoms with Gasteiger partial charge in [-0.3, -0.25) is 9.59 Å². The van der Waals surface area contributed by atoms with Crippen molar-refractivity contribution in [3.63, 3.8) is 0 Å². The first-order valence-corrected chi connectivity index (χ1v) is 9.52. The zero-order chi connectivity index (χ0) is 19.1. The third-order valence-corrected chi connectivity index (χ3v) is 5.17. The summed E-state index contributed by atoms with van der Waals surface area (Å²) in [5.41, 5.74) is 1.04. The lowest BCUT2D eigenvalue weighted by Crippen LogP contribution is -2.36. The Kier molecular flexibility index (Phi) is 7.21. The van der Waals surface area contributed by atoms with E-state index in [9.17, 15) is 9.59 Å². The number of amides is 1. The summed E-state index contributed by atoms with van der Waals surface area (Å²) in [5.74, 6) is -0.241. The normalized spacial score (nSPS) is 11.7. The van der Waals surface area contributed by atoms with Crippen molar-refractivity contribution in [1.82, 2.24) is 4.90 Å². The Hall–Kier alpha value is -2.34. The molecule has 0 fully saturated rings. The minimum atomic E-state index is -0.381. The number of carbonyl (C=O) groups is 2. The first kappa shape index (κ1) is 20.0. The van der Waals surface area contributed by atoms with Crippen LogP contribution < -0.4 is 4.74 Å². The van der Waals surface area contributed by atoms with Crippen molar-refractivity contribution in [2.45, 2.75) is 20.8 Å². The summed E-state index contributed by atoms with van der Waals surface area (Å²) in [6.45, 7) is 6.85. The van der Waals surface area contributed by atoms with Gasteiger partial charge in [0.1, 0.15) is 10.6 Å². The number of hydrogen-bond donors (Lipinski definition) is 0. The van der Waals surface area contributed by atoms with Gasteiger partial charge in [-0.1, -0.05) is 37.3 Å². The summed E-state index contributed by atoms with van der Waals surface area (Å²) in [5, 5.41) is 0. The van der Waals surface area contributed by atoms with Gasteiger partial charge in [-0.15, -0.1) is 11.3 Å². The number of rotatable bonds is 8. The molecule has 0 saturated carbocycles. The Labute approximate surface area is 158 Å². The third-order valence-electron chi connectivity index (χ3n) is 4.02. The molecule has 140 valence electrons. The lowest BCUT2D eigenvalue weighted by Gasteiger charge is -2.23. The molecule has 0 bridgehead atoms.